The highest BCUT2D eigenvalue weighted by molar-refractivity contribution is 7.92. The molecule has 0 aliphatic rings. The minimum Gasteiger partial charge on any atom is -0.351 e. The first kappa shape index (κ1) is 22.5. The standard InChI is InChI=1S/C24H25FN2O3S/c1-18(19-8-4-3-5-9-19)16-26-24(28)20-12-14-22(15-13-20)27(31(2,29)30)17-21-10-6-7-11-23(21)25/h3-15,18H,16-17H2,1-2H3,(H,26,28)/t18-/m1/s1. The zero-order valence-corrected chi connectivity index (χ0v) is 18.3. The van der Waals surface area contributed by atoms with Crippen LogP contribution in [-0.2, 0) is 16.6 Å². The molecule has 5 nitrogen and oxygen atoms in total. The van der Waals surface area contributed by atoms with Crippen molar-refractivity contribution in [3.05, 3.63) is 101 Å². The lowest BCUT2D eigenvalue weighted by atomic mass is 10.0. The lowest BCUT2D eigenvalue weighted by Gasteiger charge is -2.23. The Morgan fingerprint density at radius 3 is 2.19 bits per heavy atom. The van der Waals surface area contributed by atoms with Gasteiger partial charge in [0.1, 0.15) is 5.82 Å². The molecule has 0 aromatic heterocycles. The Morgan fingerprint density at radius 1 is 0.968 bits per heavy atom. The molecule has 0 saturated carbocycles. The summed E-state index contributed by atoms with van der Waals surface area (Å²) in [6.07, 6.45) is 1.07. The summed E-state index contributed by atoms with van der Waals surface area (Å²) in [7, 11) is -3.65. The first-order valence-corrected chi connectivity index (χ1v) is 11.7. The largest absolute Gasteiger partial charge is 0.351 e. The number of halogens is 1. The van der Waals surface area contributed by atoms with Crippen LogP contribution in [0.3, 0.4) is 0 Å². The number of sulfonamides is 1. The van der Waals surface area contributed by atoms with Gasteiger partial charge >= 0.3 is 0 Å². The van der Waals surface area contributed by atoms with Crippen LogP contribution in [0.1, 0.15) is 34.3 Å². The molecule has 31 heavy (non-hydrogen) atoms. The fourth-order valence-corrected chi connectivity index (χ4v) is 4.09. The van der Waals surface area contributed by atoms with Crippen molar-refractivity contribution in [1.82, 2.24) is 5.32 Å². The molecule has 0 aliphatic heterocycles. The summed E-state index contributed by atoms with van der Waals surface area (Å²) in [6, 6.07) is 22.2. The van der Waals surface area contributed by atoms with E-state index >= 15 is 0 Å². The van der Waals surface area contributed by atoms with Gasteiger partial charge in [-0.25, -0.2) is 12.8 Å². The average Bonchev–Trinajstić information content (AvgIpc) is 2.76. The Labute approximate surface area is 182 Å². The third kappa shape index (κ3) is 5.92. The van der Waals surface area contributed by atoms with E-state index in [1.54, 1.807) is 42.5 Å². The molecule has 0 aliphatic carbocycles. The molecule has 1 N–H and O–H groups in total. The predicted molar refractivity (Wildman–Crippen MR) is 121 cm³/mol. The van der Waals surface area contributed by atoms with Crippen molar-refractivity contribution >= 4 is 21.6 Å². The fraction of sp³-hybridized carbons (Fsp3) is 0.208. The van der Waals surface area contributed by atoms with Gasteiger partial charge in [-0.05, 0) is 41.8 Å². The molecule has 0 heterocycles. The molecule has 7 heteroatoms. The quantitative estimate of drug-likeness (QED) is 0.567. The number of benzene rings is 3. The third-order valence-corrected chi connectivity index (χ3v) is 6.17. The van der Waals surface area contributed by atoms with Gasteiger partial charge in [-0.1, -0.05) is 55.5 Å². The number of nitrogens with one attached hydrogen (secondary N) is 1. The lowest BCUT2D eigenvalue weighted by molar-refractivity contribution is 0.0951. The van der Waals surface area contributed by atoms with E-state index in [1.165, 1.54) is 6.07 Å². The van der Waals surface area contributed by atoms with Gasteiger partial charge in [-0.2, -0.15) is 0 Å². The topological polar surface area (TPSA) is 66.5 Å². The Kier molecular flexibility index (Phi) is 7.07. The van der Waals surface area contributed by atoms with E-state index in [-0.39, 0.29) is 23.9 Å². The molecule has 0 bridgehead atoms. The first-order chi connectivity index (χ1) is 14.8. The van der Waals surface area contributed by atoms with Gasteiger partial charge in [0, 0.05) is 17.7 Å². The van der Waals surface area contributed by atoms with E-state index in [0.29, 0.717) is 17.8 Å². The Bertz CT molecular complexity index is 1130. The van der Waals surface area contributed by atoms with E-state index < -0.39 is 15.8 Å². The minimum absolute atomic E-state index is 0.133. The number of amides is 1. The second-order valence-corrected chi connectivity index (χ2v) is 9.34. The van der Waals surface area contributed by atoms with Crippen LogP contribution in [0.4, 0.5) is 10.1 Å². The van der Waals surface area contributed by atoms with Gasteiger partial charge in [0.15, 0.2) is 0 Å². The molecule has 1 atom stereocenters. The predicted octanol–water partition coefficient (Wildman–Crippen LogP) is 4.33. The molecule has 0 spiro atoms. The van der Waals surface area contributed by atoms with Crippen LogP contribution in [0.2, 0.25) is 0 Å². The summed E-state index contributed by atoms with van der Waals surface area (Å²) >= 11 is 0. The summed E-state index contributed by atoms with van der Waals surface area (Å²) in [5.74, 6) is -0.556. The molecule has 0 unspecified atom stereocenters. The Morgan fingerprint density at radius 2 is 1.58 bits per heavy atom. The van der Waals surface area contributed by atoms with Crippen molar-refractivity contribution in [2.24, 2.45) is 0 Å². The zero-order valence-electron chi connectivity index (χ0n) is 17.5. The van der Waals surface area contributed by atoms with Crippen molar-refractivity contribution in [1.29, 1.82) is 0 Å². The summed E-state index contributed by atoms with van der Waals surface area (Å²) in [4.78, 5) is 12.5. The maximum Gasteiger partial charge on any atom is 0.251 e. The van der Waals surface area contributed by atoms with Gasteiger partial charge in [-0.3, -0.25) is 9.10 Å². The number of rotatable bonds is 8. The molecule has 3 aromatic rings. The molecule has 3 aromatic carbocycles. The molecule has 3 rings (SSSR count). The second kappa shape index (κ2) is 9.75. The molecular weight excluding hydrogens is 415 g/mol. The zero-order chi connectivity index (χ0) is 22.4. The van der Waals surface area contributed by atoms with Crippen LogP contribution in [0.15, 0.2) is 78.9 Å². The van der Waals surface area contributed by atoms with Crippen molar-refractivity contribution in [3.8, 4) is 0 Å². The van der Waals surface area contributed by atoms with E-state index in [9.17, 15) is 17.6 Å². The molecule has 0 fully saturated rings. The van der Waals surface area contributed by atoms with Crippen molar-refractivity contribution in [2.45, 2.75) is 19.4 Å². The number of hydrogen-bond donors (Lipinski definition) is 1. The van der Waals surface area contributed by atoms with E-state index in [0.717, 1.165) is 16.1 Å². The van der Waals surface area contributed by atoms with Crippen molar-refractivity contribution in [2.75, 3.05) is 17.1 Å². The molecule has 162 valence electrons. The number of hydrogen-bond acceptors (Lipinski definition) is 3. The van der Waals surface area contributed by atoms with Crippen molar-refractivity contribution in [3.63, 3.8) is 0 Å². The summed E-state index contributed by atoms with van der Waals surface area (Å²) in [6.45, 7) is 2.38. The maximum absolute atomic E-state index is 14.0. The van der Waals surface area contributed by atoms with E-state index in [2.05, 4.69) is 5.32 Å². The van der Waals surface area contributed by atoms with Crippen LogP contribution >= 0.6 is 0 Å². The summed E-state index contributed by atoms with van der Waals surface area (Å²) in [5.41, 5.74) is 2.18. The fourth-order valence-electron chi connectivity index (χ4n) is 3.21. The van der Waals surface area contributed by atoms with Gasteiger partial charge in [0.2, 0.25) is 10.0 Å². The van der Waals surface area contributed by atoms with Crippen molar-refractivity contribution < 1.29 is 17.6 Å². The smallest absolute Gasteiger partial charge is 0.251 e. The number of anilines is 1. The highest BCUT2D eigenvalue weighted by atomic mass is 32.2. The van der Waals surface area contributed by atoms with Crippen LogP contribution in [0.5, 0.6) is 0 Å². The van der Waals surface area contributed by atoms with E-state index in [1.807, 2.05) is 37.3 Å². The third-order valence-electron chi connectivity index (χ3n) is 5.03. The molecule has 1 amide bonds. The Hall–Kier alpha value is -3.19. The molecule has 0 saturated heterocycles. The number of carbonyl (C=O) groups excluding carboxylic acids is 1. The summed E-state index contributed by atoms with van der Waals surface area (Å²) in [5, 5.41) is 2.90. The number of nitrogens with zero attached hydrogens (tertiary/aromatic N) is 1. The van der Waals surface area contributed by atoms with Crippen LogP contribution in [-0.4, -0.2) is 27.1 Å². The maximum atomic E-state index is 14.0. The normalized spacial score (nSPS) is 12.2. The second-order valence-electron chi connectivity index (χ2n) is 7.43. The van der Waals surface area contributed by atoms with Crippen LogP contribution < -0.4 is 9.62 Å². The highest BCUT2D eigenvalue weighted by Crippen LogP contribution is 2.22. The molecule has 0 radical (unpaired) electrons. The highest BCUT2D eigenvalue weighted by Gasteiger charge is 2.20. The SMILES string of the molecule is C[C@H](CNC(=O)c1ccc(N(Cc2ccccc2F)S(C)(=O)=O)cc1)c1ccccc1. The Balaban J connectivity index is 1.71. The first-order valence-electron chi connectivity index (χ1n) is 9.90. The molecular formula is C24H25FN2O3S. The minimum atomic E-state index is -3.65. The van der Waals surface area contributed by atoms with Crippen LogP contribution in [0, 0.1) is 5.82 Å². The average molecular weight is 441 g/mol. The van der Waals surface area contributed by atoms with Gasteiger partial charge in [0.05, 0.1) is 18.5 Å². The van der Waals surface area contributed by atoms with E-state index in [4.69, 9.17) is 0 Å². The van der Waals surface area contributed by atoms with Gasteiger partial charge in [0.25, 0.3) is 5.91 Å². The number of carbonyl (C=O) groups is 1. The van der Waals surface area contributed by atoms with Crippen LogP contribution in [0.25, 0.3) is 0 Å². The summed E-state index contributed by atoms with van der Waals surface area (Å²) < 4.78 is 39.7. The lowest BCUT2D eigenvalue weighted by Crippen LogP contribution is -2.30. The van der Waals surface area contributed by atoms with Gasteiger partial charge in [-0.15, -0.1) is 0 Å². The monoisotopic (exact) mass is 440 g/mol. The van der Waals surface area contributed by atoms with Gasteiger partial charge < -0.3 is 5.32 Å².